The Labute approximate surface area is 178 Å². The Bertz CT molecular complexity index is 901. The molecule has 0 bridgehead atoms. The summed E-state index contributed by atoms with van der Waals surface area (Å²) in [5.41, 5.74) is 1.73. The van der Waals surface area contributed by atoms with Gasteiger partial charge in [0, 0.05) is 26.8 Å². The number of anilines is 1. The Hall–Kier alpha value is -3.31. The van der Waals surface area contributed by atoms with Crippen molar-refractivity contribution in [1.29, 1.82) is 0 Å². The highest BCUT2D eigenvalue weighted by atomic mass is 16.5. The van der Waals surface area contributed by atoms with Crippen molar-refractivity contribution in [3.05, 3.63) is 90.5 Å². The van der Waals surface area contributed by atoms with Gasteiger partial charge < -0.3 is 19.7 Å². The fourth-order valence-electron chi connectivity index (χ4n) is 3.07. The van der Waals surface area contributed by atoms with Gasteiger partial charge in [-0.05, 0) is 42.7 Å². The molecule has 0 saturated carbocycles. The van der Waals surface area contributed by atoms with Gasteiger partial charge in [-0.25, -0.2) is 4.79 Å². The number of hydrogen-bond acceptors (Lipinski definition) is 3. The van der Waals surface area contributed by atoms with Crippen LogP contribution in [0, 0.1) is 0 Å². The molecule has 0 saturated heterocycles. The summed E-state index contributed by atoms with van der Waals surface area (Å²) in [7, 11) is 1.69. The predicted molar refractivity (Wildman–Crippen MR) is 120 cm³/mol. The summed E-state index contributed by atoms with van der Waals surface area (Å²) in [4.78, 5) is 14.9. The number of urea groups is 1. The predicted octanol–water partition coefficient (Wildman–Crippen LogP) is 5.94. The Morgan fingerprint density at radius 2 is 1.53 bits per heavy atom. The summed E-state index contributed by atoms with van der Waals surface area (Å²) >= 11 is 0. The number of nitrogens with zero attached hydrogens (tertiary/aromatic N) is 1. The van der Waals surface area contributed by atoms with Crippen LogP contribution in [0.2, 0.25) is 0 Å². The third-order valence-corrected chi connectivity index (χ3v) is 4.63. The minimum atomic E-state index is -0.152. The topological polar surface area (TPSA) is 50.8 Å². The number of benzene rings is 3. The van der Waals surface area contributed by atoms with Crippen LogP contribution in [0.25, 0.3) is 0 Å². The van der Waals surface area contributed by atoms with E-state index >= 15 is 0 Å². The molecule has 30 heavy (non-hydrogen) atoms. The Morgan fingerprint density at radius 3 is 2.27 bits per heavy atom. The second-order valence-corrected chi connectivity index (χ2v) is 6.95. The molecule has 0 aliphatic carbocycles. The van der Waals surface area contributed by atoms with E-state index in [4.69, 9.17) is 9.47 Å². The summed E-state index contributed by atoms with van der Waals surface area (Å²) in [5, 5.41) is 3.02. The average molecular weight is 405 g/mol. The lowest BCUT2D eigenvalue weighted by atomic mass is 10.2. The first-order valence-corrected chi connectivity index (χ1v) is 10.2. The molecule has 3 aromatic rings. The van der Waals surface area contributed by atoms with Crippen LogP contribution >= 0.6 is 0 Å². The van der Waals surface area contributed by atoms with E-state index in [9.17, 15) is 4.79 Å². The maximum absolute atomic E-state index is 13.1. The lowest BCUT2D eigenvalue weighted by Gasteiger charge is -2.24. The van der Waals surface area contributed by atoms with Gasteiger partial charge in [0.25, 0.3) is 0 Å². The SMILES string of the molecule is COCCCCN(Cc1ccccc1)C(=O)Nc1ccccc1Oc1ccccc1. The van der Waals surface area contributed by atoms with Crippen LogP contribution in [-0.2, 0) is 11.3 Å². The number of hydrogen-bond donors (Lipinski definition) is 1. The van der Waals surface area contributed by atoms with Crippen LogP contribution in [0.5, 0.6) is 11.5 Å². The molecule has 0 aliphatic heterocycles. The smallest absolute Gasteiger partial charge is 0.322 e. The van der Waals surface area contributed by atoms with Crippen molar-refractivity contribution < 1.29 is 14.3 Å². The number of unbranched alkanes of at least 4 members (excludes halogenated alkanes) is 1. The van der Waals surface area contributed by atoms with Crippen molar-refractivity contribution in [3.8, 4) is 11.5 Å². The molecule has 156 valence electrons. The molecule has 0 radical (unpaired) electrons. The van der Waals surface area contributed by atoms with Gasteiger partial charge in [0.15, 0.2) is 5.75 Å². The number of para-hydroxylation sites is 3. The molecule has 0 unspecified atom stereocenters. The zero-order chi connectivity index (χ0) is 21.0. The number of methoxy groups -OCH3 is 1. The third kappa shape index (κ3) is 6.64. The molecule has 5 heteroatoms. The highest BCUT2D eigenvalue weighted by Crippen LogP contribution is 2.29. The van der Waals surface area contributed by atoms with Gasteiger partial charge in [-0.3, -0.25) is 0 Å². The van der Waals surface area contributed by atoms with E-state index in [1.54, 1.807) is 7.11 Å². The van der Waals surface area contributed by atoms with Crippen LogP contribution < -0.4 is 10.1 Å². The van der Waals surface area contributed by atoms with E-state index in [1.165, 1.54) is 0 Å². The maximum Gasteiger partial charge on any atom is 0.322 e. The largest absolute Gasteiger partial charge is 0.455 e. The fraction of sp³-hybridized carbons (Fsp3) is 0.240. The quantitative estimate of drug-likeness (QED) is 0.426. The molecule has 0 fully saturated rings. The Morgan fingerprint density at radius 1 is 0.867 bits per heavy atom. The lowest BCUT2D eigenvalue weighted by molar-refractivity contribution is 0.182. The highest BCUT2D eigenvalue weighted by Gasteiger charge is 2.16. The van der Waals surface area contributed by atoms with Crippen molar-refractivity contribution in [1.82, 2.24) is 4.90 Å². The minimum Gasteiger partial charge on any atom is -0.455 e. The summed E-state index contributed by atoms with van der Waals surface area (Å²) in [6.45, 7) is 1.88. The molecule has 0 heterocycles. The van der Waals surface area contributed by atoms with Crippen molar-refractivity contribution in [2.45, 2.75) is 19.4 Å². The molecule has 0 aromatic heterocycles. The highest BCUT2D eigenvalue weighted by molar-refractivity contribution is 5.91. The number of nitrogens with one attached hydrogen (secondary N) is 1. The number of amides is 2. The summed E-state index contributed by atoms with van der Waals surface area (Å²) in [5.74, 6) is 1.33. The average Bonchev–Trinajstić information content (AvgIpc) is 2.78. The van der Waals surface area contributed by atoms with Crippen molar-refractivity contribution >= 4 is 11.7 Å². The number of carbonyl (C=O) groups excluding carboxylic acids is 1. The van der Waals surface area contributed by atoms with E-state index < -0.39 is 0 Å². The van der Waals surface area contributed by atoms with Crippen molar-refractivity contribution in [3.63, 3.8) is 0 Å². The Kier molecular flexibility index (Phi) is 8.30. The second-order valence-electron chi connectivity index (χ2n) is 6.95. The van der Waals surface area contributed by atoms with Crippen molar-refractivity contribution in [2.75, 3.05) is 25.6 Å². The first kappa shape index (κ1) is 21.4. The monoisotopic (exact) mass is 404 g/mol. The maximum atomic E-state index is 13.1. The zero-order valence-electron chi connectivity index (χ0n) is 17.3. The van der Waals surface area contributed by atoms with Crippen LogP contribution in [0.3, 0.4) is 0 Å². The fourth-order valence-corrected chi connectivity index (χ4v) is 3.07. The molecule has 3 aromatic carbocycles. The van der Waals surface area contributed by atoms with Crippen LogP contribution in [0.1, 0.15) is 18.4 Å². The molecule has 0 spiro atoms. The first-order chi connectivity index (χ1) is 14.8. The van der Waals surface area contributed by atoms with Gasteiger partial charge in [0.05, 0.1) is 5.69 Å². The van der Waals surface area contributed by atoms with Crippen LogP contribution in [0.15, 0.2) is 84.9 Å². The van der Waals surface area contributed by atoms with Gasteiger partial charge in [-0.1, -0.05) is 60.7 Å². The van der Waals surface area contributed by atoms with Gasteiger partial charge in [-0.2, -0.15) is 0 Å². The zero-order valence-corrected chi connectivity index (χ0v) is 17.3. The lowest BCUT2D eigenvalue weighted by Crippen LogP contribution is -2.35. The minimum absolute atomic E-state index is 0.152. The standard InChI is InChI=1S/C25H28N2O3/c1-29-19-11-10-18-27(20-21-12-4-2-5-13-21)25(28)26-23-16-8-9-17-24(23)30-22-14-6-3-7-15-22/h2-9,12-17H,10-11,18-20H2,1H3,(H,26,28). The van der Waals surface area contributed by atoms with Crippen LogP contribution in [-0.4, -0.2) is 31.2 Å². The number of rotatable bonds is 10. The van der Waals surface area contributed by atoms with E-state index in [2.05, 4.69) is 5.32 Å². The molecular weight excluding hydrogens is 376 g/mol. The van der Waals surface area contributed by atoms with Gasteiger partial charge in [-0.15, -0.1) is 0 Å². The van der Waals surface area contributed by atoms with E-state index in [-0.39, 0.29) is 6.03 Å². The van der Waals surface area contributed by atoms with Gasteiger partial charge in [0.1, 0.15) is 5.75 Å². The molecule has 3 rings (SSSR count). The summed E-state index contributed by atoms with van der Waals surface area (Å²) in [6, 6.07) is 26.9. The molecule has 0 aliphatic rings. The number of carbonyl (C=O) groups is 1. The Balaban J connectivity index is 1.71. The molecule has 0 atom stereocenters. The summed E-state index contributed by atoms with van der Waals surface area (Å²) in [6.07, 6.45) is 1.78. The molecule has 5 nitrogen and oxygen atoms in total. The molecular formula is C25H28N2O3. The van der Waals surface area contributed by atoms with Crippen LogP contribution in [0.4, 0.5) is 10.5 Å². The van der Waals surface area contributed by atoms with Gasteiger partial charge in [0.2, 0.25) is 0 Å². The van der Waals surface area contributed by atoms with Gasteiger partial charge >= 0.3 is 6.03 Å². The first-order valence-electron chi connectivity index (χ1n) is 10.2. The van der Waals surface area contributed by atoms with Crippen molar-refractivity contribution in [2.24, 2.45) is 0 Å². The van der Waals surface area contributed by atoms with E-state index in [1.807, 2.05) is 89.8 Å². The van der Waals surface area contributed by atoms with E-state index in [0.717, 1.165) is 24.2 Å². The second kappa shape index (κ2) is 11.6. The third-order valence-electron chi connectivity index (χ3n) is 4.63. The summed E-state index contributed by atoms with van der Waals surface area (Å²) < 4.78 is 11.1. The normalized spacial score (nSPS) is 10.4. The van der Waals surface area contributed by atoms with E-state index in [0.29, 0.717) is 31.1 Å². The number of ether oxygens (including phenoxy) is 2. The molecule has 2 amide bonds. The molecule has 1 N–H and O–H groups in total.